The zero-order chi connectivity index (χ0) is 32.4. The first kappa shape index (κ1) is 36.1. The highest BCUT2D eigenvalue weighted by molar-refractivity contribution is 6.15. The molecule has 1 amide bonds. The molecule has 3 aromatic carbocycles. The molecule has 1 heterocycles. The summed E-state index contributed by atoms with van der Waals surface area (Å²) in [6.45, 7) is 3.34. The number of benzene rings is 3. The van der Waals surface area contributed by atoms with Crippen LogP contribution >= 0.6 is 12.4 Å². The molecule has 0 unspecified atom stereocenters. The number of hydrogen-bond acceptors (Lipinski definition) is 4. The Kier molecular flexibility index (Phi) is 13.1. The van der Waals surface area contributed by atoms with Crippen molar-refractivity contribution in [3.05, 3.63) is 114 Å². The Labute approximate surface area is 272 Å². The van der Waals surface area contributed by atoms with Gasteiger partial charge in [-0.15, -0.1) is 12.4 Å². The van der Waals surface area contributed by atoms with Gasteiger partial charge in [-0.1, -0.05) is 67.6 Å². The lowest BCUT2D eigenvalue weighted by molar-refractivity contribution is -0.124. The van der Waals surface area contributed by atoms with Crippen LogP contribution in [0, 0.1) is 5.95 Å². The van der Waals surface area contributed by atoms with Gasteiger partial charge in [0.2, 0.25) is 11.9 Å². The molecular formula is C35H37ClF4N4O2. The Morgan fingerprint density at radius 2 is 1.70 bits per heavy atom. The number of alkyl halides is 3. The summed E-state index contributed by atoms with van der Waals surface area (Å²) in [4.78, 5) is 13.1. The van der Waals surface area contributed by atoms with E-state index in [0.29, 0.717) is 65.2 Å². The molecule has 0 bridgehead atoms. The van der Waals surface area contributed by atoms with Gasteiger partial charge >= 0.3 is 6.18 Å². The first-order valence-corrected chi connectivity index (χ1v) is 14.6. The number of H-pyrrole nitrogens is 1. The highest BCUT2D eigenvalue weighted by Crippen LogP contribution is 2.43. The fraction of sp³-hybridized carbons (Fsp3) is 0.257. The summed E-state index contributed by atoms with van der Waals surface area (Å²) >= 11 is 0. The van der Waals surface area contributed by atoms with Crippen LogP contribution in [0.15, 0.2) is 91.0 Å². The van der Waals surface area contributed by atoms with Crippen molar-refractivity contribution in [2.24, 2.45) is 0 Å². The van der Waals surface area contributed by atoms with E-state index in [2.05, 4.69) is 15.5 Å². The van der Waals surface area contributed by atoms with Gasteiger partial charge in [-0.2, -0.15) is 22.7 Å². The number of aromatic amines is 1. The summed E-state index contributed by atoms with van der Waals surface area (Å²) in [7, 11) is 3.37. The molecule has 2 N–H and O–H groups in total. The number of allylic oxidation sites excluding steroid dienone is 4. The molecule has 6 nitrogen and oxygen atoms in total. The third kappa shape index (κ3) is 9.79. The fourth-order valence-electron chi connectivity index (χ4n) is 4.84. The molecule has 0 fully saturated rings. The molecule has 0 aliphatic rings. The minimum atomic E-state index is -4.50. The summed E-state index contributed by atoms with van der Waals surface area (Å²) in [6, 6.07) is 20.5. The van der Waals surface area contributed by atoms with Crippen molar-refractivity contribution < 1.29 is 27.1 Å². The zero-order valence-electron chi connectivity index (χ0n) is 25.8. The largest absolute Gasteiger partial charge is 0.492 e. The molecular weight excluding hydrogens is 620 g/mol. The maximum absolute atomic E-state index is 14.6. The van der Waals surface area contributed by atoms with Crippen molar-refractivity contribution in [1.29, 1.82) is 0 Å². The van der Waals surface area contributed by atoms with Crippen molar-refractivity contribution in [2.45, 2.75) is 25.9 Å². The van der Waals surface area contributed by atoms with E-state index in [0.717, 1.165) is 0 Å². The van der Waals surface area contributed by atoms with Crippen molar-refractivity contribution in [3.8, 4) is 5.75 Å². The SMILES string of the molecule is CC/C=C(/C(=C(CC(F)(F)F)c1ccccc1)c1ccc2n[nH]c(F)c2c1)c1ccc(OCCNC/C=C/C(=O)N(C)C)cc1.Cl. The number of nitrogens with one attached hydrogen (secondary N) is 2. The van der Waals surface area contributed by atoms with E-state index in [1.54, 1.807) is 80.8 Å². The quantitative estimate of drug-likeness (QED) is 0.0502. The van der Waals surface area contributed by atoms with Gasteiger partial charge in [0, 0.05) is 33.3 Å². The second-order valence-corrected chi connectivity index (χ2v) is 10.5. The number of rotatable bonds is 13. The lowest BCUT2D eigenvalue weighted by atomic mass is 9.84. The van der Waals surface area contributed by atoms with E-state index < -0.39 is 18.5 Å². The molecule has 4 aromatic rings. The van der Waals surface area contributed by atoms with Crippen LogP contribution < -0.4 is 10.1 Å². The molecule has 0 saturated carbocycles. The van der Waals surface area contributed by atoms with E-state index in [1.165, 1.54) is 11.0 Å². The van der Waals surface area contributed by atoms with Crippen LogP contribution in [0.4, 0.5) is 17.6 Å². The number of hydrogen-bond donors (Lipinski definition) is 2. The number of aromatic nitrogens is 2. The van der Waals surface area contributed by atoms with Gasteiger partial charge in [0.05, 0.1) is 17.3 Å². The number of carbonyl (C=O) groups excluding carboxylic acids is 1. The van der Waals surface area contributed by atoms with Crippen molar-refractivity contribution in [2.75, 3.05) is 33.8 Å². The first-order chi connectivity index (χ1) is 21.6. The highest BCUT2D eigenvalue weighted by Gasteiger charge is 2.32. The van der Waals surface area contributed by atoms with Gasteiger partial charge in [-0.3, -0.25) is 9.89 Å². The van der Waals surface area contributed by atoms with E-state index in [4.69, 9.17) is 4.74 Å². The minimum absolute atomic E-state index is 0. The second kappa shape index (κ2) is 16.8. The van der Waals surface area contributed by atoms with Crippen LogP contribution in [0.25, 0.3) is 27.6 Å². The molecule has 0 saturated heterocycles. The average molecular weight is 657 g/mol. The van der Waals surface area contributed by atoms with E-state index in [9.17, 15) is 22.4 Å². The maximum atomic E-state index is 14.6. The molecule has 11 heteroatoms. The maximum Gasteiger partial charge on any atom is 0.393 e. The highest BCUT2D eigenvalue weighted by atomic mass is 35.5. The van der Waals surface area contributed by atoms with Crippen LogP contribution in [-0.4, -0.2) is 61.0 Å². The topological polar surface area (TPSA) is 70.2 Å². The minimum Gasteiger partial charge on any atom is -0.492 e. The molecule has 0 radical (unpaired) electrons. The van der Waals surface area contributed by atoms with Crippen LogP contribution in [0.2, 0.25) is 0 Å². The van der Waals surface area contributed by atoms with Gasteiger partial charge in [-0.05, 0) is 64.1 Å². The predicted octanol–water partition coefficient (Wildman–Crippen LogP) is 8.09. The molecule has 4 rings (SSSR count). The number of carbonyl (C=O) groups is 1. The van der Waals surface area contributed by atoms with Gasteiger partial charge in [0.1, 0.15) is 12.4 Å². The van der Waals surface area contributed by atoms with Gasteiger partial charge in [-0.25, -0.2) is 0 Å². The molecule has 244 valence electrons. The van der Waals surface area contributed by atoms with E-state index >= 15 is 0 Å². The summed E-state index contributed by atoms with van der Waals surface area (Å²) in [5, 5.41) is 9.61. The molecule has 0 aliphatic heterocycles. The number of fused-ring (bicyclic) bond motifs is 1. The second-order valence-electron chi connectivity index (χ2n) is 10.5. The number of halogens is 5. The lowest BCUT2D eigenvalue weighted by Gasteiger charge is -2.22. The van der Waals surface area contributed by atoms with E-state index in [1.807, 2.05) is 25.1 Å². The van der Waals surface area contributed by atoms with Crippen LogP contribution in [-0.2, 0) is 4.79 Å². The predicted molar refractivity (Wildman–Crippen MR) is 178 cm³/mol. The molecule has 0 atom stereocenters. The molecule has 1 aromatic heterocycles. The average Bonchev–Trinajstić information content (AvgIpc) is 3.39. The zero-order valence-corrected chi connectivity index (χ0v) is 26.6. The Hall–Kier alpha value is -4.41. The van der Waals surface area contributed by atoms with Crippen molar-refractivity contribution in [1.82, 2.24) is 20.4 Å². The third-order valence-corrected chi connectivity index (χ3v) is 6.95. The molecule has 0 aliphatic carbocycles. The number of likely N-dealkylation sites (N-methyl/N-ethyl adjacent to an activating group) is 1. The van der Waals surface area contributed by atoms with Gasteiger partial charge in [0.25, 0.3) is 0 Å². The Bertz CT molecular complexity index is 1680. The van der Waals surface area contributed by atoms with E-state index in [-0.39, 0.29) is 29.3 Å². The summed E-state index contributed by atoms with van der Waals surface area (Å²) in [6.07, 6.45) is 0.00414. The number of amides is 1. The Morgan fingerprint density at radius 3 is 2.35 bits per heavy atom. The van der Waals surface area contributed by atoms with Gasteiger partial charge < -0.3 is 15.0 Å². The summed E-state index contributed by atoms with van der Waals surface area (Å²) in [5.74, 6) is -0.148. The fourth-order valence-corrected chi connectivity index (χ4v) is 4.84. The summed E-state index contributed by atoms with van der Waals surface area (Å²) in [5.41, 5.74) is 2.97. The summed E-state index contributed by atoms with van der Waals surface area (Å²) < 4.78 is 62.9. The molecule has 0 spiro atoms. The van der Waals surface area contributed by atoms with Crippen molar-refractivity contribution >= 4 is 45.9 Å². The Morgan fingerprint density at radius 1 is 1.00 bits per heavy atom. The third-order valence-electron chi connectivity index (χ3n) is 6.95. The monoisotopic (exact) mass is 656 g/mol. The van der Waals surface area contributed by atoms with Crippen LogP contribution in [0.5, 0.6) is 5.75 Å². The smallest absolute Gasteiger partial charge is 0.393 e. The van der Waals surface area contributed by atoms with Crippen molar-refractivity contribution in [3.63, 3.8) is 0 Å². The Balaban J connectivity index is 0.00000576. The number of ether oxygens (including phenoxy) is 1. The molecule has 46 heavy (non-hydrogen) atoms. The van der Waals surface area contributed by atoms with Gasteiger partial charge in [0.15, 0.2) is 0 Å². The standard InChI is InChI=1S/C35H36F4N4O2.ClH/c1-4-9-28(25-13-16-27(17-14-25)45-21-20-40-19-8-12-32(44)43(2)3)33(26-15-18-31-29(22-26)34(36)42-41-31)30(23-35(37,38)39)24-10-6-5-7-11-24;/h5-18,22,40H,4,19-21,23H2,1-3H3,(H,41,42);1H/b12-8+,28-9+,33-30?;. The van der Waals surface area contributed by atoms with Crippen LogP contribution in [0.3, 0.4) is 0 Å². The van der Waals surface area contributed by atoms with Crippen LogP contribution in [0.1, 0.15) is 36.5 Å². The normalized spacial score (nSPS) is 12.6. The number of nitrogens with zero attached hydrogens (tertiary/aromatic N) is 2. The first-order valence-electron chi connectivity index (χ1n) is 14.6. The lowest BCUT2D eigenvalue weighted by Crippen LogP contribution is -2.22.